The van der Waals surface area contributed by atoms with Crippen molar-refractivity contribution in [2.24, 2.45) is 0 Å². The zero-order valence-corrected chi connectivity index (χ0v) is 12.2. The summed E-state index contributed by atoms with van der Waals surface area (Å²) in [7, 11) is 0. The second-order valence-electron chi connectivity index (χ2n) is 5.51. The van der Waals surface area contributed by atoms with E-state index in [1.54, 1.807) is 0 Å². The fraction of sp³-hybridized carbons (Fsp3) is 0.625. The lowest BCUT2D eigenvalue weighted by Crippen LogP contribution is -2.57. The molecule has 1 unspecified atom stereocenters. The van der Waals surface area contributed by atoms with Gasteiger partial charge in [-0.15, -0.1) is 0 Å². The molecule has 0 radical (unpaired) electrons. The van der Waals surface area contributed by atoms with Crippen LogP contribution in [-0.4, -0.2) is 44.3 Å². The Morgan fingerprint density at radius 2 is 2.05 bits per heavy atom. The minimum Gasteiger partial charge on any atom is -0.380 e. The minimum absolute atomic E-state index is 0.0598. The molecule has 106 valence electrons. The van der Waals surface area contributed by atoms with E-state index in [-0.39, 0.29) is 5.54 Å². The van der Waals surface area contributed by atoms with E-state index < -0.39 is 0 Å². The molecule has 3 nitrogen and oxygen atoms in total. The highest BCUT2D eigenvalue weighted by Crippen LogP contribution is 2.23. The van der Waals surface area contributed by atoms with Crippen molar-refractivity contribution in [1.82, 2.24) is 10.2 Å². The summed E-state index contributed by atoms with van der Waals surface area (Å²) in [5, 5.41) is 3.66. The van der Waals surface area contributed by atoms with Gasteiger partial charge in [0.25, 0.3) is 0 Å². The molecule has 1 aliphatic heterocycles. The number of piperazine rings is 1. The van der Waals surface area contributed by atoms with Crippen molar-refractivity contribution >= 4 is 0 Å². The van der Waals surface area contributed by atoms with Gasteiger partial charge in [-0.2, -0.15) is 0 Å². The average molecular weight is 262 g/mol. The topological polar surface area (TPSA) is 24.5 Å². The van der Waals surface area contributed by atoms with Gasteiger partial charge in [0.05, 0.1) is 12.1 Å². The standard InChI is InChI=1S/C16H26N2O/c1-3-12-19-13-11-18-10-9-17-16(2,14-18)15-7-5-4-6-8-15/h4-8,17H,3,9-14H2,1-2H3. The average Bonchev–Trinajstić information content (AvgIpc) is 2.45. The van der Waals surface area contributed by atoms with Crippen molar-refractivity contribution < 1.29 is 4.74 Å². The maximum absolute atomic E-state index is 5.60. The van der Waals surface area contributed by atoms with Crippen LogP contribution in [-0.2, 0) is 10.3 Å². The summed E-state index contributed by atoms with van der Waals surface area (Å²) in [5.41, 5.74) is 1.43. The summed E-state index contributed by atoms with van der Waals surface area (Å²) in [4.78, 5) is 2.50. The highest BCUT2D eigenvalue weighted by Gasteiger charge is 2.31. The number of hydrogen-bond donors (Lipinski definition) is 1. The van der Waals surface area contributed by atoms with Crippen LogP contribution in [0.1, 0.15) is 25.8 Å². The van der Waals surface area contributed by atoms with E-state index in [4.69, 9.17) is 4.74 Å². The zero-order chi connectivity index (χ0) is 13.6. The van der Waals surface area contributed by atoms with Crippen LogP contribution in [0, 0.1) is 0 Å². The molecule has 0 bridgehead atoms. The molecular weight excluding hydrogens is 236 g/mol. The van der Waals surface area contributed by atoms with E-state index >= 15 is 0 Å². The zero-order valence-electron chi connectivity index (χ0n) is 12.2. The van der Waals surface area contributed by atoms with Crippen LogP contribution in [0.15, 0.2) is 30.3 Å². The lowest BCUT2D eigenvalue weighted by atomic mass is 9.90. The molecule has 1 fully saturated rings. The normalized spacial score (nSPS) is 24.5. The lowest BCUT2D eigenvalue weighted by molar-refractivity contribution is 0.0761. The van der Waals surface area contributed by atoms with Gasteiger partial charge in [-0.05, 0) is 18.9 Å². The van der Waals surface area contributed by atoms with Crippen LogP contribution in [0.3, 0.4) is 0 Å². The van der Waals surface area contributed by atoms with Crippen LogP contribution in [0.2, 0.25) is 0 Å². The summed E-state index contributed by atoms with van der Waals surface area (Å²) in [6, 6.07) is 10.7. The van der Waals surface area contributed by atoms with Crippen molar-refractivity contribution in [3.05, 3.63) is 35.9 Å². The molecule has 1 atom stereocenters. The predicted molar refractivity (Wildman–Crippen MR) is 79.3 cm³/mol. The first-order valence-electron chi connectivity index (χ1n) is 7.35. The Balaban J connectivity index is 1.89. The summed E-state index contributed by atoms with van der Waals surface area (Å²) in [5.74, 6) is 0. The van der Waals surface area contributed by atoms with Crippen LogP contribution in [0.5, 0.6) is 0 Å². The van der Waals surface area contributed by atoms with E-state index in [0.29, 0.717) is 0 Å². The number of rotatable bonds is 6. The first kappa shape index (κ1) is 14.5. The van der Waals surface area contributed by atoms with Crippen molar-refractivity contribution in [2.75, 3.05) is 39.4 Å². The quantitative estimate of drug-likeness (QED) is 0.796. The van der Waals surface area contributed by atoms with Crippen LogP contribution in [0.25, 0.3) is 0 Å². The number of nitrogens with one attached hydrogen (secondary N) is 1. The Labute approximate surface area is 116 Å². The molecule has 0 saturated carbocycles. The summed E-state index contributed by atoms with van der Waals surface area (Å²) in [6.07, 6.45) is 1.10. The second-order valence-corrected chi connectivity index (χ2v) is 5.51. The Morgan fingerprint density at radius 1 is 1.26 bits per heavy atom. The first-order valence-corrected chi connectivity index (χ1v) is 7.35. The Kier molecular flexibility index (Phi) is 5.37. The molecule has 19 heavy (non-hydrogen) atoms. The maximum atomic E-state index is 5.60. The molecule has 1 aromatic carbocycles. The Hall–Kier alpha value is -0.900. The SMILES string of the molecule is CCCOCCN1CCNC(C)(c2ccccc2)C1. The smallest absolute Gasteiger partial charge is 0.0593 e. The number of ether oxygens (including phenoxy) is 1. The van der Waals surface area contributed by atoms with E-state index in [2.05, 4.69) is 54.4 Å². The molecule has 0 aliphatic carbocycles. The molecule has 1 heterocycles. The van der Waals surface area contributed by atoms with E-state index in [1.165, 1.54) is 5.56 Å². The lowest BCUT2D eigenvalue weighted by Gasteiger charge is -2.42. The van der Waals surface area contributed by atoms with Gasteiger partial charge < -0.3 is 10.1 Å². The monoisotopic (exact) mass is 262 g/mol. The van der Waals surface area contributed by atoms with Crippen LogP contribution >= 0.6 is 0 Å². The number of nitrogens with zero attached hydrogens (tertiary/aromatic N) is 1. The maximum Gasteiger partial charge on any atom is 0.0593 e. The van der Waals surface area contributed by atoms with Gasteiger partial charge in [0, 0.05) is 32.8 Å². The molecule has 1 aliphatic rings. The molecule has 0 aromatic heterocycles. The van der Waals surface area contributed by atoms with Crippen molar-refractivity contribution in [3.63, 3.8) is 0 Å². The van der Waals surface area contributed by atoms with Gasteiger partial charge in [0.2, 0.25) is 0 Å². The molecule has 3 heteroatoms. The summed E-state index contributed by atoms with van der Waals surface area (Å²) in [6.45, 7) is 10.4. The minimum atomic E-state index is 0.0598. The highest BCUT2D eigenvalue weighted by molar-refractivity contribution is 5.24. The Morgan fingerprint density at radius 3 is 2.79 bits per heavy atom. The molecule has 0 spiro atoms. The first-order chi connectivity index (χ1) is 9.24. The van der Waals surface area contributed by atoms with Crippen LogP contribution < -0.4 is 5.32 Å². The molecule has 1 saturated heterocycles. The third kappa shape index (κ3) is 4.03. The van der Waals surface area contributed by atoms with Gasteiger partial charge in [-0.1, -0.05) is 37.3 Å². The Bertz CT molecular complexity index is 368. The van der Waals surface area contributed by atoms with Gasteiger partial charge in [-0.25, -0.2) is 0 Å². The highest BCUT2D eigenvalue weighted by atomic mass is 16.5. The molecule has 2 rings (SSSR count). The van der Waals surface area contributed by atoms with E-state index in [0.717, 1.165) is 45.8 Å². The predicted octanol–water partition coefficient (Wildman–Crippen LogP) is 2.23. The van der Waals surface area contributed by atoms with E-state index in [9.17, 15) is 0 Å². The third-order valence-electron chi connectivity index (χ3n) is 3.79. The fourth-order valence-corrected chi connectivity index (χ4v) is 2.70. The van der Waals surface area contributed by atoms with Crippen molar-refractivity contribution in [1.29, 1.82) is 0 Å². The van der Waals surface area contributed by atoms with E-state index in [1.807, 2.05) is 0 Å². The third-order valence-corrected chi connectivity index (χ3v) is 3.79. The number of hydrogen-bond acceptors (Lipinski definition) is 3. The van der Waals surface area contributed by atoms with Crippen LogP contribution in [0.4, 0.5) is 0 Å². The molecule has 1 N–H and O–H groups in total. The van der Waals surface area contributed by atoms with Gasteiger partial charge in [-0.3, -0.25) is 4.90 Å². The molecular formula is C16H26N2O. The summed E-state index contributed by atoms with van der Waals surface area (Å²) >= 11 is 0. The number of benzene rings is 1. The van der Waals surface area contributed by atoms with Gasteiger partial charge >= 0.3 is 0 Å². The van der Waals surface area contributed by atoms with Gasteiger partial charge in [0.15, 0.2) is 0 Å². The largest absolute Gasteiger partial charge is 0.380 e. The fourth-order valence-electron chi connectivity index (χ4n) is 2.70. The van der Waals surface area contributed by atoms with Crippen molar-refractivity contribution in [3.8, 4) is 0 Å². The summed E-state index contributed by atoms with van der Waals surface area (Å²) < 4.78 is 5.60. The van der Waals surface area contributed by atoms with Crippen molar-refractivity contribution in [2.45, 2.75) is 25.8 Å². The second kappa shape index (κ2) is 7.04. The molecule has 1 aromatic rings. The van der Waals surface area contributed by atoms with Gasteiger partial charge in [0.1, 0.15) is 0 Å². The molecule has 0 amide bonds.